The fourth-order valence-corrected chi connectivity index (χ4v) is 4.16. The zero-order valence-electron chi connectivity index (χ0n) is 14.6. The van der Waals surface area contributed by atoms with Crippen molar-refractivity contribution >= 4 is 10.1 Å². The molecule has 3 atom stereocenters. The highest BCUT2D eigenvalue weighted by Gasteiger charge is 2.35. The minimum absolute atomic E-state index is 0.0503. The molecule has 0 fully saturated rings. The van der Waals surface area contributed by atoms with Crippen LogP contribution < -0.4 is 4.18 Å². The molecule has 0 heterocycles. The highest BCUT2D eigenvalue weighted by molar-refractivity contribution is 7.87. The highest BCUT2D eigenvalue weighted by Crippen LogP contribution is 2.22. The monoisotopic (exact) mass is 358 g/mol. The molecule has 0 bridgehead atoms. The molecule has 0 spiro atoms. The third kappa shape index (κ3) is 7.64. The molecule has 3 unspecified atom stereocenters. The molecule has 0 aliphatic rings. The summed E-state index contributed by atoms with van der Waals surface area (Å²) in [6.45, 7) is 3.64. The van der Waals surface area contributed by atoms with Crippen molar-refractivity contribution in [3.8, 4) is 5.75 Å². The van der Waals surface area contributed by atoms with Crippen LogP contribution in [0.4, 0.5) is 0 Å². The van der Waals surface area contributed by atoms with Crippen LogP contribution in [-0.4, -0.2) is 36.1 Å². The summed E-state index contributed by atoms with van der Waals surface area (Å²) in [6.07, 6.45) is 3.54. The summed E-state index contributed by atoms with van der Waals surface area (Å²) in [5, 5.41) is 18.8. The average Bonchev–Trinajstić information content (AvgIpc) is 2.52. The zero-order chi connectivity index (χ0) is 18.0. The Morgan fingerprint density at radius 1 is 1.04 bits per heavy atom. The van der Waals surface area contributed by atoms with Gasteiger partial charge in [-0.05, 0) is 31.9 Å². The summed E-state index contributed by atoms with van der Waals surface area (Å²) < 4.78 is 30.2. The summed E-state index contributed by atoms with van der Waals surface area (Å²) in [4.78, 5) is 0. The Balaban J connectivity index is 2.71. The first-order valence-electron chi connectivity index (χ1n) is 8.71. The third-order valence-corrected chi connectivity index (χ3v) is 5.61. The van der Waals surface area contributed by atoms with Crippen LogP contribution in [0.25, 0.3) is 0 Å². The van der Waals surface area contributed by atoms with Crippen LogP contribution in [0, 0.1) is 0 Å². The molecular formula is C18H30O5S. The van der Waals surface area contributed by atoms with Gasteiger partial charge in [0, 0.05) is 0 Å². The number of benzene rings is 1. The van der Waals surface area contributed by atoms with Gasteiger partial charge < -0.3 is 14.4 Å². The molecule has 6 heteroatoms. The van der Waals surface area contributed by atoms with Crippen molar-refractivity contribution in [2.45, 2.75) is 76.3 Å². The van der Waals surface area contributed by atoms with E-state index in [1.807, 2.05) is 0 Å². The number of rotatable bonds is 12. The zero-order valence-corrected chi connectivity index (χ0v) is 15.4. The second-order valence-corrected chi connectivity index (χ2v) is 8.04. The summed E-state index contributed by atoms with van der Waals surface area (Å²) in [7, 11) is -4.03. The van der Waals surface area contributed by atoms with Crippen molar-refractivity contribution in [2.75, 3.05) is 0 Å². The maximum absolute atomic E-state index is 12.5. The maximum Gasteiger partial charge on any atom is 0.314 e. The fraction of sp³-hybridized carbons (Fsp3) is 0.667. The molecule has 0 amide bonds. The van der Waals surface area contributed by atoms with Crippen molar-refractivity contribution in [1.82, 2.24) is 0 Å². The number of hydrogen-bond donors (Lipinski definition) is 2. The van der Waals surface area contributed by atoms with Gasteiger partial charge in [-0.1, -0.05) is 57.2 Å². The van der Waals surface area contributed by atoms with Gasteiger partial charge in [0.1, 0.15) is 11.0 Å². The first-order chi connectivity index (χ1) is 11.4. The van der Waals surface area contributed by atoms with Crippen molar-refractivity contribution in [3.63, 3.8) is 0 Å². The Morgan fingerprint density at radius 3 is 2.25 bits per heavy atom. The summed E-state index contributed by atoms with van der Waals surface area (Å²) in [6, 6.07) is 8.22. The highest BCUT2D eigenvalue weighted by atomic mass is 32.2. The largest absolute Gasteiger partial charge is 0.393 e. The normalized spacial score (nSPS) is 15.7. The molecule has 0 aliphatic carbocycles. The molecule has 0 aromatic heterocycles. The second-order valence-electron chi connectivity index (χ2n) is 6.28. The fourth-order valence-electron chi connectivity index (χ4n) is 2.62. The Kier molecular flexibility index (Phi) is 9.33. The van der Waals surface area contributed by atoms with E-state index in [1.54, 1.807) is 30.3 Å². The number of hydrogen-bond acceptors (Lipinski definition) is 5. The van der Waals surface area contributed by atoms with E-state index in [2.05, 4.69) is 6.92 Å². The lowest BCUT2D eigenvalue weighted by molar-refractivity contribution is 0.115. The van der Waals surface area contributed by atoms with E-state index in [9.17, 15) is 18.6 Å². The average molecular weight is 359 g/mol. The van der Waals surface area contributed by atoms with Crippen molar-refractivity contribution < 1.29 is 22.8 Å². The molecule has 0 radical (unpaired) electrons. The van der Waals surface area contributed by atoms with Crippen LogP contribution in [0.3, 0.4) is 0 Å². The van der Waals surface area contributed by atoms with Gasteiger partial charge in [-0.25, -0.2) is 0 Å². The van der Waals surface area contributed by atoms with E-state index < -0.39 is 27.6 Å². The maximum atomic E-state index is 12.5. The van der Waals surface area contributed by atoms with Crippen LogP contribution >= 0.6 is 0 Å². The first kappa shape index (κ1) is 20.9. The van der Waals surface area contributed by atoms with Crippen LogP contribution in [0.15, 0.2) is 30.3 Å². The van der Waals surface area contributed by atoms with Crippen molar-refractivity contribution in [2.24, 2.45) is 0 Å². The molecule has 1 rings (SSSR count). The molecule has 0 aliphatic heterocycles. The van der Waals surface area contributed by atoms with Crippen LogP contribution in [0.5, 0.6) is 5.75 Å². The lowest BCUT2D eigenvalue weighted by Crippen LogP contribution is -2.39. The molecule has 0 saturated carbocycles. The van der Waals surface area contributed by atoms with Crippen LogP contribution in [0.1, 0.15) is 58.8 Å². The van der Waals surface area contributed by atoms with Gasteiger partial charge in [-0.15, -0.1) is 0 Å². The quantitative estimate of drug-likeness (QED) is 0.443. The number of aliphatic hydroxyl groups is 2. The van der Waals surface area contributed by atoms with E-state index in [0.717, 1.165) is 32.1 Å². The molecule has 138 valence electrons. The van der Waals surface area contributed by atoms with Gasteiger partial charge in [-0.3, -0.25) is 0 Å². The number of unbranched alkanes of at least 4 members (excludes halogenated alkanes) is 4. The summed E-state index contributed by atoms with van der Waals surface area (Å²) in [5.41, 5.74) is 0. The molecule has 2 N–H and O–H groups in total. The lowest BCUT2D eigenvalue weighted by Gasteiger charge is -2.24. The molecule has 1 aromatic carbocycles. The van der Waals surface area contributed by atoms with E-state index in [0.29, 0.717) is 6.42 Å². The smallest absolute Gasteiger partial charge is 0.314 e. The van der Waals surface area contributed by atoms with E-state index >= 15 is 0 Å². The predicted octanol–water partition coefficient (Wildman–Crippen LogP) is 3.26. The van der Waals surface area contributed by atoms with Gasteiger partial charge in [-0.2, -0.15) is 8.42 Å². The third-order valence-electron chi connectivity index (χ3n) is 3.93. The second kappa shape index (κ2) is 10.7. The van der Waals surface area contributed by atoms with Crippen molar-refractivity contribution in [3.05, 3.63) is 30.3 Å². The van der Waals surface area contributed by atoms with Gasteiger partial charge in [0.15, 0.2) is 0 Å². The lowest BCUT2D eigenvalue weighted by atomic mass is 10.0. The van der Waals surface area contributed by atoms with Gasteiger partial charge >= 0.3 is 10.1 Å². The van der Waals surface area contributed by atoms with E-state index in [4.69, 9.17) is 4.18 Å². The number of para-hydroxylation sites is 1. The topological polar surface area (TPSA) is 83.8 Å². The minimum atomic E-state index is -4.03. The molecule has 24 heavy (non-hydrogen) atoms. The molecule has 1 aromatic rings. The molecular weight excluding hydrogens is 328 g/mol. The van der Waals surface area contributed by atoms with Gasteiger partial charge in [0.2, 0.25) is 0 Å². The Morgan fingerprint density at radius 2 is 1.67 bits per heavy atom. The van der Waals surface area contributed by atoms with Gasteiger partial charge in [0.05, 0.1) is 12.2 Å². The van der Waals surface area contributed by atoms with Crippen molar-refractivity contribution in [1.29, 1.82) is 0 Å². The number of aliphatic hydroxyl groups excluding tert-OH is 2. The van der Waals surface area contributed by atoms with Crippen LogP contribution in [-0.2, 0) is 10.1 Å². The molecule has 0 saturated heterocycles. The first-order valence-corrected chi connectivity index (χ1v) is 10.2. The standard InChI is InChI=1S/C18H30O5S/c1-3-4-5-6-10-13-17(20)18(14-15(2)19)24(21,22)23-16-11-8-7-9-12-16/h7-9,11-12,15,17-20H,3-6,10,13-14H2,1-2H3. The Hall–Kier alpha value is -1.11. The predicted molar refractivity (Wildman–Crippen MR) is 95.5 cm³/mol. The summed E-state index contributed by atoms with van der Waals surface area (Å²) in [5.74, 6) is 0.211. The Labute approximate surface area is 145 Å². The van der Waals surface area contributed by atoms with E-state index in [-0.39, 0.29) is 12.2 Å². The minimum Gasteiger partial charge on any atom is -0.393 e. The molecule has 5 nitrogen and oxygen atoms in total. The van der Waals surface area contributed by atoms with Gasteiger partial charge in [0.25, 0.3) is 0 Å². The van der Waals surface area contributed by atoms with Crippen LogP contribution in [0.2, 0.25) is 0 Å². The summed E-state index contributed by atoms with van der Waals surface area (Å²) >= 11 is 0. The van der Waals surface area contributed by atoms with E-state index in [1.165, 1.54) is 6.92 Å². The SMILES string of the molecule is CCCCCCCC(O)C(CC(C)O)S(=O)(=O)Oc1ccccc1. The Bertz CT molecular complexity index is 542.